The standard InChI is InChI=1S/C17H28N2O2/c1-13-8-9-15(20-2)14(12-13)16(19-18)17(21-3)10-6-4-5-7-11-17/h8-9,12,16,19H,4-7,10-11,18H2,1-3H3. The van der Waals surface area contributed by atoms with Gasteiger partial charge < -0.3 is 9.47 Å². The summed E-state index contributed by atoms with van der Waals surface area (Å²) in [5.74, 6) is 6.80. The van der Waals surface area contributed by atoms with Crippen molar-refractivity contribution in [3.63, 3.8) is 0 Å². The van der Waals surface area contributed by atoms with E-state index in [9.17, 15) is 0 Å². The molecule has 0 heterocycles. The Morgan fingerprint density at radius 2 is 1.81 bits per heavy atom. The van der Waals surface area contributed by atoms with Crippen molar-refractivity contribution < 1.29 is 9.47 Å². The van der Waals surface area contributed by atoms with Crippen molar-refractivity contribution in [2.45, 2.75) is 57.1 Å². The maximum atomic E-state index is 6.01. The number of benzene rings is 1. The smallest absolute Gasteiger partial charge is 0.123 e. The molecule has 3 N–H and O–H groups in total. The lowest BCUT2D eigenvalue weighted by atomic mass is 9.81. The molecular formula is C17H28N2O2. The average Bonchev–Trinajstić information content (AvgIpc) is 2.75. The average molecular weight is 292 g/mol. The number of aryl methyl sites for hydroxylation is 1. The molecule has 118 valence electrons. The second kappa shape index (κ2) is 7.25. The van der Waals surface area contributed by atoms with Crippen molar-refractivity contribution in [3.05, 3.63) is 29.3 Å². The van der Waals surface area contributed by atoms with Crippen LogP contribution < -0.4 is 16.0 Å². The Bertz CT molecular complexity index is 454. The van der Waals surface area contributed by atoms with E-state index in [0.717, 1.165) is 24.2 Å². The molecule has 1 aliphatic carbocycles. The van der Waals surface area contributed by atoms with Crippen LogP contribution in [0.1, 0.15) is 55.7 Å². The number of nitrogens with one attached hydrogen (secondary N) is 1. The van der Waals surface area contributed by atoms with Gasteiger partial charge in [0, 0.05) is 12.7 Å². The normalized spacial score (nSPS) is 19.8. The first-order valence-corrected chi connectivity index (χ1v) is 7.82. The van der Waals surface area contributed by atoms with Crippen molar-refractivity contribution in [2.75, 3.05) is 14.2 Å². The first kappa shape index (κ1) is 16.3. The maximum absolute atomic E-state index is 6.01. The second-order valence-electron chi connectivity index (χ2n) is 6.03. The largest absolute Gasteiger partial charge is 0.496 e. The van der Waals surface area contributed by atoms with Gasteiger partial charge >= 0.3 is 0 Å². The summed E-state index contributed by atoms with van der Waals surface area (Å²) in [6, 6.07) is 6.16. The van der Waals surface area contributed by atoms with E-state index in [0.29, 0.717) is 0 Å². The van der Waals surface area contributed by atoms with Crippen molar-refractivity contribution in [1.82, 2.24) is 5.43 Å². The fourth-order valence-electron chi connectivity index (χ4n) is 3.54. The molecule has 0 spiro atoms. The summed E-state index contributed by atoms with van der Waals surface area (Å²) in [4.78, 5) is 0. The van der Waals surface area contributed by atoms with Crippen LogP contribution in [0.3, 0.4) is 0 Å². The summed E-state index contributed by atoms with van der Waals surface area (Å²) in [5, 5.41) is 0. The predicted molar refractivity (Wildman–Crippen MR) is 85.2 cm³/mol. The second-order valence-corrected chi connectivity index (χ2v) is 6.03. The van der Waals surface area contributed by atoms with E-state index in [2.05, 4.69) is 24.5 Å². The van der Waals surface area contributed by atoms with Crippen molar-refractivity contribution in [3.8, 4) is 5.75 Å². The van der Waals surface area contributed by atoms with Crippen LogP contribution in [-0.4, -0.2) is 19.8 Å². The van der Waals surface area contributed by atoms with Crippen LogP contribution in [0.15, 0.2) is 18.2 Å². The number of hydrogen-bond donors (Lipinski definition) is 2. The van der Waals surface area contributed by atoms with Gasteiger partial charge in [-0.25, -0.2) is 5.43 Å². The molecule has 0 aliphatic heterocycles. The van der Waals surface area contributed by atoms with Gasteiger partial charge in [-0.3, -0.25) is 5.84 Å². The van der Waals surface area contributed by atoms with Gasteiger partial charge in [-0.15, -0.1) is 0 Å². The molecule has 0 bridgehead atoms. The van der Waals surface area contributed by atoms with E-state index >= 15 is 0 Å². The minimum absolute atomic E-state index is 0.0598. The van der Waals surface area contributed by atoms with Crippen LogP contribution in [0.5, 0.6) is 5.75 Å². The zero-order valence-electron chi connectivity index (χ0n) is 13.4. The van der Waals surface area contributed by atoms with Crippen molar-refractivity contribution in [1.29, 1.82) is 0 Å². The maximum Gasteiger partial charge on any atom is 0.123 e. The number of ether oxygens (including phenoxy) is 2. The summed E-state index contributed by atoms with van der Waals surface area (Å²) in [6.45, 7) is 2.09. The Labute approximate surface area is 128 Å². The third-order valence-electron chi connectivity index (χ3n) is 4.75. The molecule has 0 amide bonds. The molecule has 2 rings (SSSR count). The number of nitrogens with two attached hydrogens (primary N) is 1. The predicted octanol–water partition coefficient (Wildman–Crippen LogP) is 3.25. The molecular weight excluding hydrogens is 264 g/mol. The van der Waals surface area contributed by atoms with Crippen LogP contribution in [0.2, 0.25) is 0 Å². The summed E-state index contributed by atoms with van der Waals surface area (Å²) in [7, 11) is 3.51. The van der Waals surface area contributed by atoms with E-state index in [-0.39, 0.29) is 11.6 Å². The Kier molecular flexibility index (Phi) is 5.62. The summed E-state index contributed by atoms with van der Waals surface area (Å²) in [5.41, 5.74) is 5.03. The lowest BCUT2D eigenvalue weighted by Gasteiger charge is -2.39. The van der Waals surface area contributed by atoms with Crippen LogP contribution in [0.4, 0.5) is 0 Å². The molecule has 1 atom stereocenters. The minimum Gasteiger partial charge on any atom is -0.496 e. The Morgan fingerprint density at radius 3 is 2.33 bits per heavy atom. The zero-order valence-corrected chi connectivity index (χ0v) is 13.4. The van der Waals surface area contributed by atoms with E-state index in [4.69, 9.17) is 15.3 Å². The first-order valence-electron chi connectivity index (χ1n) is 7.82. The third kappa shape index (κ3) is 3.39. The number of rotatable bonds is 5. The van der Waals surface area contributed by atoms with Gasteiger partial charge in [0.15, 0.2) is 0 Å². The summed E-state index contributed by atoms with van der Waals surface area (Å²) in [6.07, 6.45) is 6.95. The lowest BCUT2D eigenvalue weighted by molar-refractivity contribution is -0.0546. The van der Waals surface area contributed by atoms with Gasteiger partial charge in [0.05, 0.1) is 18.8 Å². The molecule has 1 aromatic rings. The topological polar surface area (TPSA) is 56.5 Å². The van der Waals surface area contributed by atoms with Crippen molar-refractivity contribution in [2.24, 2.45) is 5.84 Å². The summed E-state index contributed by atoms with van der Waals surface area (Å²) >= 11 is 0. The Balaban J connectivity index is 2.43. The highest BCUT2D eigenvalue weighted by Gasteiger charge is 2.40. The SMILES string of the molecule is COc1ccc(C)cc1C(NN)C1(OC)CCCCCC1. The lowest BCUT2D eigenvalue weighted by Crippen LogP contribution is -2.48. The molecule has 1 aromatic carbocycles. The van der Waals surface area contributed by atoms with Gasteiger partial charge in [-0.2, -0.15) is 0 Å². The summed E-state index contributed by atoms with van der Waals surface area (Å²) < 4.78 is 11.6. The third-order valence-corrected chi connectivity index (χ3v) is 4.75. The zero-order chi connectivity index (χ0) is 15.3. The number of hydrogen-bond acceptors (Lipinski definition) is 4. The Morgan fingerprint density at radius 1 is 1.14 bits per heavy atom. The molecule has 21 heavy (non-hydrogen) atoms. The van der Waals surface area contributed by atoms with Crippen molar-refractivity contribution >= 4 is 0 Å². The van der Waals surface area contributed by atoms with Gasteiger partial charge in [0.2, 0.25) is 0 Å². The quantitative estimate of drug-likeness (QED) is 0.497. The van der Waals surface area contributed by atoms with Gasteiger partial charge in [-0.05, 0) is 25.8 Å². The number of methoxy groups -OCH3 is 2. The molecule has 1 fully saturated rings. The van der Waals surface area contributed by atoms with E-state index in [1.807, 2.05) is 6.07 Å². The van der Waals surface area contributed by atoms with Crippen LogP contribution in [-0.2, 0) is 4.74 Å². The fraction of sp³-hybridized carbons (Fsp3) is 0.647. The van der Waals surface area contributed by atoms with Gasteiger partial charge in [-0.1, -0.05) is 43.4 Å². The molecule has 0 saturated heterocycles. The van der Waals surface area contributed by atoms with E-state index in [1.54, 1.807) is 14.2 Å². The first-order chi connectivity index (χ1) is 10.2. The van der Waals surface area contributed by atoms with Crippen LogP contribution >= 0.6 is 0 Å². The van der Waals surface area contributed by atoms with Gasteiger partial charge in [0.25, 0.3) is 0 Å². The Hall–Kier alpha value is -1.10. The molecule has 4 heteroatoms. The highest BCUT2D eigenvalue weighted by atomic mass is 16.5. The molecule has 1 saturated carbocycles. The highest BCUT2D eigenvalue weighted by Crippen LogP contribution is 2.42. The van der Waals surface area contributed by atoms with E-state index < -0.39 is 0 Å². The molecule has 1 unspecified atom stereocenters. The molecule has 1 aliphatic rings. The molecule has 4 nitrogen and oxygen atoms in total. The highest BCUT2D eigenvalue weighted by molar-refractivity contribution is 5.40. The van der Waals surface area contributed by atoms with E-state index in [1.165, 1.54) is 31.2 Å². The number of hydrazine groups is 1. The van der Waals surface area contributed by atoms with Gasteiger partial charge in [0.1, 0.15) is 5.75 Å². The van der Waals surface area contributed by atoms with Crippen LogP contribution in [0, 0.1) is 6.92 Å². The monoisotopic (exact) mass is 292 g/mol. The minimum atomic E-state index is -0.258. The molecule has 0 aromatic heterocycles. The van der Waals surface area contributed by atoms with Crippen LogP contribution in [0.25, 0.3) is 0 Å². The fourth-order valence-corrected chi connectivity index (χ4v) is 3.54. The molecule has 0 radical (unpaired) electrons.